The maximum absolute atomic E-state index is 10.6. The van der Waals surface area contributed by atoms with Crippen molar-refractivity contribution in [2.45, 2.75) is 10.6 Å². The molecule has 0 saturated heterocycles. The quantitative estimate of drug-likeness (QED) is 0.690. The van der Waals surface area contributed by atoms with Crippen molar-refractivity contribution in [3.8, 4) is 0 Å². The van der Waals surface area contributed by atoms with Gasteiger partial charge in [0.1, 0.15) is 10.7 Å². The second-order valence-corrected chi connectivity index (χ2v) is 4.35. The molecule has 0 amide bonds. The van der Waals surface area contributed by atoms with Crippen LogP contribution < -0.4 is 0 Å². The molecule has 0 saturated carbocycles. The van der Waals surface area contributed by atoms with E-state index in [1.165, 1.54) is 12.1 Å². The lowest BCUT2D eigenvalue weighted by Crippen LogP contribution is -1.92. The third-order valence-corrected chi connectivity index (χ3v) is 2.92. The number of benzene rings is 1. The number of hydrogen-bond donors (Lipinski definition) is 2. The number of thiol groups is 2. The van der Waals surface area contributed by atoms with E-state index in [0.29, 0.717) is 5.56 Å². The third kappa shape index (κ3) is 2.82. The summed E-state index contributed by atoms with van der Waals surface area (Å²) in [4.78, 5) is 0.0803. The van der Waals surface area contributed by atoms with Crippen molar-refractivity contribution in [1.82, 2.24) is 0 Å². The second kappa shape index (κ2) is 4.38. The minimum atomic E-state index is -2.71. The van der Waals surface area contributed by atoms with E-state index in [0.717, 1.165) is 0 Å². The summed E-state index contributed by atoms with van der Waals surface area (Å²) in [5.41, 5.74) is 0.328. The summed E-state index contributed by atoms with van der Waals surface area (Å²) in [7, 11) is -5.30. The highest BCUT2D eigenvalue weighted by Crippen LogP contribution is 2.10. The van der Waals surface area contributed by atoms with Gasteiger partial charge in [-0.05, 0) is 11.6 Å². The van der Waals surface area contributed by atoms with E-state index < -0.39 is 21.4 Å². The predicted octanol–water partition coefficient (Wildman–Crippen LogP) is -0.232. The molecular formula is C7H8O4S2. The molecule has 6 heteroatoms. The third-order valence-electron chi connectivity index (χ3n) is 1.49. The van der Waals surface area contributed by atoms with Gasteiger partial charge in [0.15, 0.2) is 10.7 Å². The largest absolute Gasteiger partial charge is 0.232 e. The van der Waals surface area contributed by atoms with Gasteiger partial charge in [-0.2, -0.15) is 0 Å². The Morgan fingerprint density at radius 1 is 1.00 bits per heavy atom. The normalized spacial score (nSPS) is 10.9. The van der Waals surface area contributed by atoms with Crippen molar-refractivity contribution in [3.05, 3.63) is 29.8 Å². The standard InChI is InChI=1S/C7H8O4S2/c8-12(9)5-6-3-1-2-4-7(6)13(10)11/h1-4,12-13H,5H2. The van der Waals surface area contributed by atoms with Crippen molar-refractivity contribution in [1.29, 1.82) is 0 Å². The molecular weight excluding hydrogens is 212 g/mol. The molecule has 0 heterocycles. The molecule has 13 heavy (non-hydrogen) atoms. The first-order valence-corrected chi connectivity index (χ1v) is 5.99. The van der Waals surface area contributed by atoms with Crippen molar-refractivity contribution in [3.63, 3.8) is 0 Å². The Hall–Kier alpha value is -0.880. The Morgan fingerprint density at radius 3 is 2.15 bits per heavy atom. The Balaban J connectivity index is 3.19. The zero-order valence-corrected chi connectivity index (χ0v) is 8.33. The molecule has 0 radical (unpaired) electrons. The van der Waals surface area contributed by atoms with Crippen LogP contribution in [-0.2, 0) is 27.2 Å². The summed E-state index contributed by atoms with van der Waals surface area (Å²) in [6.07, 6.45) is 0. The highest BCUT2D eigenvalue weighted by atomic mass is 32.2. The molecule has 0 aliphatic heterocycles. The van der Waals surface area contributed by atoms with Gasteiger partial charge < -0.3 is 0 Å². The molecule has 0 aliphatic rings. The van der Waals surface area contributed by atoms with Gasteiger partial charge in [0.05, 0.1) is 10.6 Å². The highest BCUT2D eigenvalue weighted by molar-refractivity contribution is 7.73. The molecule has 0 spiro atoms. The summed E-state index contributed by atoms with van der Waals surface area (Å²) < 4.78 is 42.1. The van der Waals surface area contributed by atoms with E-state index in [1.807, 2.05) is 0 Å². The van der Waals surface area contributed by atoms with Gasteiger partial charge in [-0.3, -0.25) is 0 Å². The van der Waals surface area contributed by atoms with Gasteiger partial charge in [-0.15, -0.1) is 0 Å². The van der Waals surface area contributed by atoms with Crippen LogP contribution in [0.15, 0.2) is 29.2 Å². The molecule has 0 fully saturated rings. The van der Waals surface area contributed by atoms with Gasteiger partial charge in [0.2, 0.25) is 0 Å². The van der Waals surface area contributed by atoms with Crippen molar-refractivity contribution in [2.24, 2.45) is 0 Å². The van der Waals surface area contributed by atoms with E-state index in [2.05, 4.69) is 0 Å². The molecule has 0 aromatic heterocycles. The van der Waals surface area contributed by atoms with Crippen molar-refractivity contribution < 1.29 is 16.8 Å². The molecule has 0 bridgehead atoms. The topological polar surface area (TPSA) is 68.3 Å². The average Bonchev–Trinajstić information content (AvgIpc) is 2.03. The minimum Gasteiger partial charge on any atom is -0.232 e. The van der Waals surface area contributed by atoms with Crippen LogP contribution >= 0.6 is 0 Å². The summed E-state index contributed by atoms with van der Waals surface area (Å²) in [5, 5.41) is 0. The Morgan fingerprint density at radius 2 is 1.62 bits per heavy atom. The predicted molar refractivity (Wildman–Crippen MR) is 49.0 cm³/mol. The Bertz CT molecular complexity index is 430. The number of rotatable bonds is 3. The van der Waals surface area contributed by atoms with Gasteiger partial charge in [0.25, 0.3) is 0 Å². The lowest BCUT2D eigenvalue weighted by atomic mass is 10.2. The lowest BCUT2D eigenvalue weighted by Gasteiger charge is -1.97. The Labute approximate surface area is 79.1 Å². The molecule has 72 valence electrons. The molecule has 0 aliphatic carbocycles. The van der Waals surface area contributed by atoms with E-state index >= 15 is 0 Å². The zero-order valence-electron chi connectivity index (χ0n) is 6.54. The fraction of sp³-hybridized carbons (Fsp3) is 0.143. The summed E-state index contributed by atoms with van der Waals surface area (Å²) in [5.74, 6) is -0.227. The van der Waals surface area contributed by atoms with Crippen LogP contribution in [-0.4, -0.2) is 16.8 Å². The monoisotopic (exact) mass is 220 g/mol. The zero-order chi connectivity index (χ0) is 9.84. The van der Waals surface area contributed by atoms with E-state index in [4.69, 9.17) is 0 Å². The SMILES string of the molecule is O=[SH](=O)Cc1ccccc1[SH](=O)=O. The van der Waals surface area contributed by atoms with Gasteiger partial charge >= 0.3 is 0 Å². The first kappa shape index (κ1) is 10.2. The van der Waals surface area contributed by atoms with Crippen LogP contribution in [0.3, 0.4) is 0 Å². The molecule has 4 nitrogen and oxygen atoms in total. The highest BCUT2D eigenvalue weighted by Gasteiger charge is 2.03. The summed E-state index contributed by atoms with van der Waals surface area (Å²) in [6, 6.07) is 6.05. The summed E-state index contributed by atoms with van der Waals surface area (Å²) >= 11 is 0. The maximum atomic E-state index is 10.6. The van der Waals surface area contributed by atoms with Gasteiger partial charge in [-0.25, -0.2) is 16.8 Å². The second-order valence-electron chi connectivity index (χ2n) is 2.38. The molecule has 0 unspecified atom stereocenters. The van der Waals surface area contributed by atoms with Crippen LogP contribution in [0.1, 0.15) is 5.56 Å². The smallest absolute Gasteiger partial charge is 0.168 e. The van der Waals surface area contributed by atoms with Crippen molar-refractivity contribution in [2.75, 3.05) is 0 Å². The van der Waals surface area contributed by atoms with Crippen LogP contribution in [0, 0.1) is 0 Å². The van der Waals surface area contributed by atoms with Gasteiger partial charge in [-0.1, -0.05) is 18.2 Å². The van der Waals surface area contributed by atoms with Crippen LogP contribution in [0.25, 0.3) is 0 Å². The van der Waals surface area contributed by atoms with E-state index in [-0.39, 0.29) is 10.6 Å². The molecule has 1 aromatic rings. The van der Waals surface area contributed by atoms with Crippen LogP contribution in [0.4, 0.5) is 0 Å². The first-order valence-electron chi connectivity index (χ1n) is 3.45. The summed E-state index contributed by atoms with van der Waals surface area (Å²) in [6.45, 7) is 0. The van der Waals surface area contributed by atoms with Crippen molar-refractivity contribution >= 4 is 21.4 Å². The first-order chi connectivity index (χ1) is 6.11. The van der Waals surface area contributed by atoms with E-state index in [9.17, 15) is 16.8 Å². The molecule has 1 aromatic carbocycles. The molecule has 0 atom stereocenters. The van der Waals surface area contributed by atoms with Crippen LogP contribution in [0.5, 0.6) is 0 Å². The fourth-order valence-corrected chi connectivity index (χ4v) is 2.24. The lowest BCUT2D eigenvalue weighted by molar-refractivity contribution is 0.612. The molecule has 0 N–H and O–H groups in total. The van der Waals surface area contributed by atoms with Crippen LogP contribution in [0.2, 0.25) is 0 Å². The fourth-order valence-electron chi connectivity index (χ4n) is 0.962. The number of hydrogen-bond acceptors (Lipinski definition) is 4. The maximum Gasteiger partial charge on any atom is 0.168 e. The minimum absolute atomic E-state index is 0.0803. The molecule has 1 rings (SSSR count). The van der Waals surface area contributed by atoms with Gasteiger partial charge in [0, 0.05) is 0 Å². The average molecular weight is 220 g/mol. The Kier molecular flexibility index (Phi) is 3.44. The van der Waals surface area contributed by atoms with E-state index in [1.54, 1.807) is 12.1 Å².